The topological polar surface area (TPSA) is 67.2 Å². The number of aromatic nitrogens is 2. The van der Waals surface area contributed by atoms with Crippen LogP contribution in [0, 0.1) is 25.7 Å². The predicted octanol–water partition coefficient (Wildman–Crippen LogP) is 1.92. The molecule has 0 aliphatic carbocycles. The molecule has 0 spiro atoms. The molecule has 2 aliphatic heterocycles. The fourth-order valence-corrected chi connectivity index (χ4v) is 5.26. The highest BCUT2D eigenvalue weighted by Gasteiger charge is 2.31. The summed E-state index contributed by atoms with van der Waals surface area (Å²) >= 11 is 1.55. The lowest BCUT2D eigenvalue weighted by molar-refractivity contribution is -0.131. The number of amides is 1. The minimum atomic E-state index is -0.0267. The number of rotatable bonds is 3. The van der Waals surface area contributed by atoms with Crippen LogP contribution in [0.3, 0.4) is 0 Å². The molecule has 0 bridgehead atoms. The van der Waals surface area contributed by atoms with Gasteiger partial charge in [0.15, 0.2) is 0 Å². The molecule has 1 amide bonds. The average Bonchev–Trinajstić information content (AvgIpc) is 3.12. The molecule has 26 heavy (non-hydrogen) atoms. The van der Waals surface area contributed by atoms with Crippen LogP contribution >= 0.6 is 11.3 Å². The van der Waals surface area contributed by atoms with Crippen molar-refractivity contribution in [2.45, 2.75) is 39.7 Å². The van der Waals surface area contributed by atoms with E-state index in [4.69, 9.17) is 0 Å². The summed E-state index contributed by atoms with van der Waals surface area (Å²) in [5, 5.41) is 4.17. The SMILES string of the molecule is Cc1sc2ncn(CCC(=O)N3CC[C@@H]4CNC[C@@H]4CC3)c(=O)c2c1C. The first-order valence-corrected chi connectivity index (χ1v) is 10.3. The van der Waals surface area contributed by atoms with Crippen molar-refractivity contribution in [1.82, 2.24) is 19.8 Å². The molecule has 2 fully saturated rings. The molecule has 6 nitrogen and oxygen atoms in total. The van der Waals surface area contributed by atoms with Crippen molar-refractivity contribution in [3.8, 4) is 0 Å². The molecular weight excluding hydrogens is 348 g/mol. The molecule has 2 atom stereocenters. The van der Waals surface area contributed by atoms with E-state index in [0.29, 0.717) is 30.2 Å². The molecule has 1 N–H and O–H groups in total. The Kier molecular flexibility index (Phi) is 4.84. The van der Waals surface area contributed by atoms with Crippen LogP contribution in [0.25, 0.3) is 10.2 Å². The van der Waals surface area contributed by atoms with Gasteiger partial charge in [0.2, 0.25) is 5.91 Å². The highest BCUT2D eigenvalue weighted by molar-refractivity contribution is 7.18. The van der Waals surface area contributed by atoms with Crippen LogP contribution in [-0.2, 0) is 11.3 Å². The maximum atomic E-state index is 12.7. The van der Waals surface area contributed by atoms with Crippen LogP contribution in [-0.4, -0.2) is 46.5 Å². The summed E-state index contributed by atoms with van der Waals surface area (Å²) in [4.78, 5) is 33.7. The van der Waals surface area contributed by atoms with Crippen LogP contribution in [0.15, 0.2) is 11.1 Å². The second kappa shape index (κ2) is 7.12. The fraction of sp³-hybridized carbons (Fsp3) is 0.632. The molecule has 2 aromatic rings. The van der Waals surface area contributed by atoms with Crippen molar-refractivity contribution in [2.24, 2.45) is 11.8 Å². The molecule has 7 heteroatoms. The molecule has 140 valence electrons. The van der Waals surface area contributed by atoms with E-state index in [1.54, 1.807) is 22.2 Å². The molecule has 2 saturated heterocycles. The van der Waals surface area contributed by atoms with Gasteiger partial charge in [-0.05, 0) is 57.2 Å². The molecular formula is C19H26N4O2S. The fourth-order valence-electron chi connectivity index (χ4n) is 4.27. The van der Waals surface area contributed by atoms with Crippen molar-refractivity contribution in [3.05, 3.63) is 27.1 Å². The van der Waals surface area contributed by atoms with Gasteiger partial charge in [0.25, 0.3) is 5.56 Å². The van der Waals surface area contributed by atoms with Gasteiger partial charge in [0.1, 0.15) is 4.83 Å². The molecule has 0 unspecified atom stereocenters. The summed E-state index contributed by atoms with van der Waals surface area (Å²) < 4.78 is 1.59. The van der Waals surface area contributed by atoms with Crippen molar-refractivity contribution >= 4 is 27.5 Å². The van der Waals surface area contributed by atoms with E-state index in [9.17, 15) is 9.59 Å². The zero-order valence-corrected chi connectivity index (χ0v) is 16.3. The number of fused-ring (bicyclic) bond motifs is 2. The van der Waals surface area contributed by atoms with Crippen LogP contribution < -0.4 is 10.9 Å². The summed E-state index contributed by atoms with van der Waals surface area (Å²) in [5.74, 6) is 1.59. The highest BCUT2D eigenvalue weighted by Crippen LogP contribution is 2.27. The van der Waals surface area contributed by atoms with E-state index in [0.717, 1.165) is 54.3 Å². The first kappa shape index (κ1) is 17.7. The second-order valence-corrected chi connectivity index (χ2v) is 8.80. The molecule has 0 saturated carbocycles. The number of nitrogens with one attached hydrogen (secondary N) is 1. The number of aryl methyl sites for hydroxylation is 3. The highest BCUT2D eigenvalue weighted by atomic mass is 32.1. The van der Waals surface area contributed by atoms with Crippen LogP contribution in [0.4, 0.5) is 0 Å². The maximum Gasteiger partial charge on any atom is 0.262 e. The van der Waals surface area contributed by atoms with Crippen LogP contribution in [0.1, 0.15) is 29.7 Å². The van der Waals surface area contributed by atoms with Gasteiger partial charge in [-0.15, -0.1) is 11.3 Å². The summed E-state index contributed by atoms with van der Waals surface area (Å²) in [5.41, 5.74) is 0.983. The number of nitrogens with zero attached hydrogens (tertiary/aromatic N) is 3. The van der Waals surface area contributed by atoms with E-state index in [2.05, 4.69) is 10.3 Å². The van der Waals surface area contributed by atoms with Crippen molar-refractivity contribution in [2.75, 3.05) is 26.2 Å². The third kappa shape index (κ3) is 3.18. The maximum absolute atomic E-state index is 12.7. The zero-order chi connectivity index (χ0) is 18.3. The monoisotopic (exact) mass is 374 g/mol. The first-order chi connectivity index (χ1) is 12.5. The Morgan fingerprint density at radius 1 is 1.27 bits per heavy atom. The molecule has 4 rings (SSSR count). The van der Waals surface area contributed by atoms with Gasteiger partial charge in [-0.2, -0.15) is 0 Å². The van der Waals surface area contributed by atoms with Gasteiger partial charge < -0.3 is 10.2 Å². The Morgan fingerprint density at radius 2 is 1.96 bits per heavy atom. The van der Waals surface area contributed by atoms with E-state index >= 15 is 0 Å². The largest absolute Gasteiger partial charge is 0.343 e. The molecule has 0 radical (unpaired) electrons. The lowest BCUT2D eigenvalue weighted by Gasteiger charge is -2.21. The second-order valence-electron chi connectivity index (χ2n) is 7.59. The number of hydrogen-bond donors (Lipinski definition) is 1. The lowest BCUT2D eigenvalue weighted by atomic mass is 9.92. The number of carbonyl (C=O) groups excluding carboxylic acids is 1. The van der Waals surface area contributed by atoms with Crippen LogP contribution in [0.5, 0.6) is 0 Å². The van der Waals surface area contributed by atoms with E-state index in [-0.39, 0.29) is 11.5 Å². The third-order valence-corrected chi connectivity index (χ3v) is 7.21. The minimum Gasteiger partial charge on any atom is -0.343 e. The Balaban J connectivity index is 1.43. The van der Waals surface area contributed by atoms with Gasteiger partial charge in [0, 0.05) is 30.9 Å². The van der Waals surface area contributed by atoms with Gasteiger partial charge >= 0.3 is 0 Å². The molecule has 2 aromatic heterocycles. The Hall–Kier alpha value is -1.73. The summed E-state index contributed by atoms with van der Waals surface area (Å²) in [6, 6.07) is 0. The molecule has 2 aliphatic rings. The Labute approximate surface area is 157 Å². The van der Waals surface area contributed by atoms with Gasteiger partial charge in [-0.25, -0.2) is 4.98 Å². The molecule has 4 heterocycles. The Morgan fingerprint density at radius 3 is 2.65 bits per heavy atom. The van der Waals surface area contributed by atoms with Crippen LogP contribution in [0.2, 0.25) is 0 Å². The first-order valence-electron chi connectivity index (χ1n) is 9.48. The van der Waals surface area contributed by atoms with Crippen molar-refractivity contribution in [1.29, 1.82) is 0 Å². The summed E-state index contributed by atoms with van der Waals surface area (Å²) in [6.07, 6.45) is 4.13. The standard InChI is InChI=1S/C19H26N4O2S/c1-12-13(2)26-18-17(12)19(25)23(11-21-18)8-5-16(24)22-6-3-14-9-20-10-15(14)4-7-22/h11,14-15,20H,3-10H2,1-2H3/t14-,15+. The smallest absolute Gasteiger partial charge is 0.262 e. The number of hydrogen-bond acceptors (Lipinski definition) is 5. The number of carbonyl (C=O) groups is 1. The summed E-state index contributed by atoms with van der Waals surface area (Å²) in [7, 11) is 0. The number of thiophene rings is 1. The Bertz CT molecular complexity index is 874. The van der Waals surface area contributed by atoms with Gasteiger partial charge in [0.05, 0.1) is 11.7 Å². The van der Waals surface area contributed by atoms with E-state index < -0.39 is 0 Å². The van der Waals surface area contributed by atoms with Gasteiger partial charge in [-0.1, -0.05) is 0 Å². The van der Waals surface area contributed by atoms with E-state index in [1.807, 2.05) is 18.7 Å². The predicted molar refractivity (Wildman–Crippen MR) is 104 cm³/mol. The van der Waals surface area contributed by atoms with Gasteiger partial charge in [-0.3, -0.25) is 14.2 Å². The van der Waals surface area contributed by atoms with E-state index in [1.165, 1.54) is 0 Å². The third-order valence-electron chi connectivity index (χ3n) is 6.09. The zero-order valence-electron chi connectivity index (χ0n) is 15.5. The molecule has 0 aromatic carbocycles. The van der Waals surface area contributed by atoms with Crippen molar-refractivity contribution < 1.29 is 4.79 Å². The van der Waals surface area contributed by atoms with Crippen molar-refractivity contribution in [3.63, 3.8) is 0 Å². The quantitative estimate of drug-likeness (QED) is 0.891. The number of likely N-dealkylation sites (tertiary alicyclic amines) is 1. The average molecular weight is 375 g/mol. The lowest BCUT2D eigenvalue weighted by Crippen LogP contribution is -2.34. The minimum absolute atomic E-state index is 0.0267. The normalized spacial score (nSPS) is 23.2. The summed E-state index contributed by atoms with van der Waals surface area (Å²) in [6.45, 7) is 8.25.